The van der Waals surface area contributed by atoms with Gasteiger partial charge in [0.2, 0.25) is 0 Å². The average Bonchev–Trinajstić information content (AvgIpc) is 2.26. The molecular formula is C9H11ClN2O2S. The number of rotatable bonds is 4. The van der Waals surface area contributed by atoms with E-state index in [9.17, 15) is 4.79 Å². The van der Waals surface area contributed by atoms with Gasteiger partial charge in [-0.3, -0.25) is 4.79 Å². The van der Waals surface area contributed by atoms with E-state index in [1.54, 1.807) is 6.92 Å². The number of aromatic nitrogens is 2. The van der Waals surface area contributed by atoms with E-state index >= 15 is 0 Å². The van der Waals surface area contributed by atoms with Gasteiger partial charge in [0.25, 0.3) is 0 Å². The van der Waals surface area contributed by atoms with E-state index in [0.717, 1.165) is 0 Å². The Bertz CT molecular complexity index is 331. The molecule has 0 bridgehead atoms. The highest BCUT2D eigenvalue weighted by Crippen LogP contribution is 2.17. The van der Waals surface area contributed by atoms with Crippen LogP contribution >= 0.6 is 23.4 Å². The minimum absolute atomic E-state index is 0.167. The summed E-state index contributed by atoms with van der Waals surface area (Å²) in [6, 6.07) is 0. The molecule has 82 valence electrons. The largest absolute Gasteiger partial charge is 0.469 e. The number of methoxy groups -OCH3 is 1. The molecule has 0 aliphatic heterocycles. The predicted octanol–water partition coefficient (Wildman–Crippen LogP) is 2.03. The van der Waals surface area contributed by atoms with Crippen LogP contribution in [0.15, 0.2) is 17.6 Å². The Morgan fingerprint density at radius 2 is 2.20 bits per heavy atom. The average molecular weight is 247 g/mol. The van der Waals surface area contributed by atoms with Gasteiger partial charge in [-0.05, 0) is 0 Å². The summed E-state index contributed by atoms with van der Waals surface area (Å²) in [4.78, 5) is 19.1. The van der Waals surface area contributed by atoms with E-state index in [2.05, 4.69) is 14.7 Å². The Hall–Kier alpha value is -0.810. The standard InChI is InChI=1S/C9H11ClN2O2S/c1-6(8(13)14-2)5-15-9-11-3-7(10)4-12-9/h3-4,6H,5H2,1-2H3. The van der Waals surface area contributed by atoms with E-state index in [-0.39, 0.29) is 11.9 Å². The maximum atomic E-state index is 11.1. The van der Waals surface area contributed by atoms with Crippen molar-refractivity contribution in [1.29, 1.82) is 0 Å². The molecule has 0 fully saturated rings. The lowest BCUT2D eigenvalue weighted by molar-refractivity contribution is -0.143. The maximum Gasteiger partial charge on any atom is 0.309 e. The van der Waals surface area contributed by atoms with E-state index in [4.69, 9.17) is 11.6 Å². The van der Waals surface area contributed by atoms with Gasteiger partial charge in [-0.25, -0.2) is 9.97 Å². The third-order valence-corrected chi connectivity index (χ3v) is 2.99. The molecule has 1 unspecified atom stereocenters. The first-order valence-corrected chi connectivity index (χ1v) is 5.68. The second-order valence-corrected chi connectivity index (χ2v) is 4.34. The van der Waals surface area contributed by atoms with Crippen molar-refractivity contribution in [3.63, 3.8) is 0 Å². The first-order chi connectivity index (χ1) is 7.13. The number of carbonyl (C=O) groups is 1. The van der Waals surface area contributed by atoms with Gasteiger partial charge >= 0.3 is 5.97 Å². The quantitative estimate of drug-likeness (QED) is 0.462. The fourth-order valence-electron chi connectivity index (χ4n) is 0.844. The van der Waals surface area contributed by atoms with Crippen LogP contribution in [-0.4, -0.2) is 28.8 Å². The fourth-order valence-corrected chi connectivity index (χ4v) is 1.73. The summed E-state index contributed by atoms with van der Waals surface area (Å²) in [5.41, 5.74) is 0. The molecule has 0 aromatic carbocycles. The third-order valence-electron chi connectivity index (χ3n) is 1.66. The number of ether oxygens (including phenoxy) is 1. The molecule has 0 amide bonds. The van der Waals surface area contributed by atoms with Crippen molar-refractivity contribution >= 4 is 29.3 Å². The monoisotopic (exact) mass is 246 g/mol. The Morgan fingerprint density at radius 1 is 1.60 bits per heavy atom. The Balaban J connectivity index is 2.43. The molecule has 1 aromatic heterocycles. The van der Waals surface area contributed by atoms with Gasteiger partial charge < -0.3 is 4.74 Å². The van der Waals surface area contributed by atoms with E-state index < -0.39 is 0 Å². The Morgan fingerprint density at radius 3 is 2.73 bits per heavy atom. The molecule has 0 N–H and O–H groups in total. The lowest BCUT2D eigenvalue weighted by atomic mass is 10.2. The molecule has 15 heavy (non-hydrogen) atoms. The van der Waals surface area contributed by atoms with Crippen molar-refractivity contribution in [2.24, 2.45) is 5.92 Å². The number of hydrogen-bond donors (Lipinski definition) is 0. The van der Waals surface area contributed by atoms with Crippen LogP contribution < -0.4 is 0 Å². The van der Waals surface area contributed by atoms with Gasteiger partial charge in [0.1, 0.15) is 0 Å². The number of thioether (sulfide) groups is 1. The van der Waals surface area contributed by atoms with Crippen LogP contribution in [0.5, 0.6) is 0 Å². The van der Waals surface area contributed by atoms with Crippen LogP contribution in [0.1, 0.15) is 6.92 Å². The lowest BCUT2D eigenvalue weighted by Gasteiger charge is -2.07. The van der Waals surface area contributed by atoms with E-state index in [1.807, 2.05) is 0 Å². The fraction of sp³-hybridized carbons (Fsp3) is 0.444. The van der Waals surface area contributed by atoms with Crippen LogP contribution in [-0.2, 0) is 9.53 Å². The predicted molar refractivity (Wildman–Crippen MR) is 58.9 cm³/mol. The number of carbonyl (C=O) groups excluding carboxylic acids is 1. The van der Waals surface area contributed by atoms with Crippen molar-refractivity contribution < 1.29 is 9.53 Å². The first kappa shape index (κ1) is 12.3. The second-order valence-electron chi connectivity index (χ2n) is 2.92. The molecule has 0 spiro atoms. The summed E-state index contributed by atoms with van der Waals surface area (Å²) in [5, 5.41) is 1.11. The summed E-state index contributed by atoms with van der Waals surface area (Å²) < 4.78 is 4.61. The summed E-state index contributed by atoms with van der Waals surface area (Å²) in [6.45, 7) is 1.80. The van der Waals surface area contributed by atoms with Crippen molar-refractivity contribution in [3.8, 4) is 0 Å². The zero-order chi connectivity index (χ0) is 11.3. The number of halogens is 1. The lowest BCUT2D eigenvalue weighted by Crippen LogP contribution is -2.14. The highest BCUT2D eigenvalue weighted by molar-refractivity contribution is 7.99. The van der Waals surface area contributed by atoms with Gasteiger partial charge in [-0.1, -0.05) is 30.3 Å². The molecule has 0 saturated heterocycles. The van der Waals surface area contributed by atoms with Crippen molar-refractivity contribution in [2.75, 3.05) is 12.9 Å². The second kappa shape index (κ2) is 5.92. The smallest absolute Gasteiger partial charge is 0.309 e. The summed E-state index contributed by atoms with van der Waals surface area (Å²) in [7, 11) is 1.38. The molecule has 0 aliphatic rings. The molecule has 6 heteroatoms. The number of nitrogens with zero attached hydrogens (tertiary/aromatic N) is 2. The van der Waals surface area contributed by atoms with Crippen LogP contribution in [0, 0.1) is 5.92 Å². The summed E-state index contributed by atoms with van der Waals surface area (Å²) in [5.74, 6) is 0.199. The topological polar surface area (TPSA) is 52.1 Å². The molecule has 0 radical (unpaired) electrons. The zero-order valence-electron chi connectivity index (χ0n) is 8.44. The maximum absolute atomic E-state index is 11.1. The zero-order valence-corrected chi connectivity index (χ0v) is 10.0. The molecule has 1 atom stereocenters. The van der Waals surface area contributed by atoms with Gasteiger partial charge in [0, 0.05) is 5.75 Å². The van der Waals surface area contributed by atoms with Gasteiger partial charge in [0.05, 0.1) is 30.4 Å². The number of hydrogen-bond acceptors (Lipinski definition) is 5. The van der Waals surface area contributed by atoms with Crippen LogP contribution in [0.3, 0.4) is 0 Å². The van der Waals surface area contributed by atoms with E-state index in [1.165, 1.54) is 31.3 Å². The van der Waals surface area contributed by atoms with Gasteiger partial charge in [-0.15, -0.1) is 0 Å². The van der Waals surface area contributed by atoms with Crippen LogP contribution in [0.4, 0.5) is 0 Å². The molecule has 0 saturated carbocycles. The molecular weight excluding hydrogens is 236 g/mol. The summed E-state index contributed by atoms with van der Waals surface area (Å²) in [6.07, 6.45) is 3.05. The Kier molecular flexibility index (Phi) is 4.84. The third kappa shape index (κ3) is 4.05. The van der Waals surface area contributed by atoms with Crippen LogP contribution in [0.25, 0.3) is 0 Å². The van der Waals surface area contributed by atoms with Gasteiger partial charge in [0.15, 0.2) is 5.16 Å². The van der Waals surface area contributed by atoms with Gasteiger partial charge in [-0.2, -0.15) is 0 Å². The SMILES string of the molecule is COC(=O)C(C)CSc1ncc(Cl)cn1. The molecule has 4 nitrogen and oxygen atoms in total. The van der Waals surface area contributed by atoms with E-state index in [0.29, 0.717) is 15.9 Å². The highest BCUT2D eigenvalue weighted by atomic mass is 35.5. The highest BCUT2D eigenvalue weighted by Gasteiger charge is 2.13. The molecule has 0 aliphatic carbocycles. The summed E-state index contributed by atoms with van der Waals surface area (Å²) >= 11 is 7.04. The van der Waals surface area contributed by atoms with Crippen molar-refractivity contribution in [2.45, 2.75) is 12.1 Å². The number of esters is 1. The van der Waals surface area contributed by atoms with Crippen molar-refractivity contribution in [1.82, 2.24) is 9.97 Å². The Labute approximate surface area is 97.4 Å². The van der Waals surface area contributed by atoms with Crippen molar-refractivity contribution in [3.05, 3.63) is 17.4 Å². The normalized spacial score (nSPS) is 12.2. The van der Waals surface area contributed by atoms with Crippen LogP contribution in [0.2, 0.25) is 5.02 Å². The molecule has 1 aromatic rings. The minimum Gasteiger partial charge on any atom is -0.469 e. The first-order valence-electron chi connectivity index (χ1n) is 4.31. The molecule has 1 heterocycles. The molecule has 1 rings (SSSR count). The minimum atomic E-state index is -0.225.